The van der Waals surface area contributed by atoms with Crippen LogP contribution >= 0.6 is 12.2 Å². The minimum absolute atomic E-state index is 0.771. The molecule has 1 aliphatic rings. The molecule has 17 heavy (non-hydrogen) atoms. The highest BCUT2D eigenvalue weighted by atomic mass is 32.1. The first-order valence-electron chi connectivity index (χ1n) is 5.93. The molecule has 86 valence electrons. The summed E-state index contributed by atoms with van der Waals surface area (Å²) in [5, 5.41) is 0. The molecule has 3 heteroatoms. The van der Waals surface area contributed by atoms with Gasteiger partial charge in [0.05, 0.1) is 0 Å². The van der Waals surface area contributed by atoms with E-state index in [0.717, 1.165) is 28.9 Å². The second-order valence-corrected chi connectivity index (χ2v) is 4.96. The molecule has 1 heterocycles. The van der Waals surface area contributed by atoms with Gasteiger partial charge in [0.2, 0.25) is 0 Å². The van der Waals surface area contributed by atoms with Gasteiger partial charge in [-0.05, 0) is 32.3 Å². The van der Waals surface area contributed by atoms with Gasteiger partial charge in [-0.15, -0.1) is 0 Å². The van der Waals surface area contributed by atoms with Crippen molar-refractivity contribution < 1.29 is 0 Å². The molecule has 0 spiro atoms. The van der Waals surface area contributed by atoms with Crippen molar-refractivity contribution in [1.82, 2.24) is 9.97 Å². The second kappa shape index (κ2) is 4.08. The van der Waals surface area contributed by atoms with Crippen molar-refractivity contribution in [3.63, 3.8) is 0 Å². The Morgan fingerprint density at radius 3 is 3.00 bits per heavy atom. The van der Waals surface area contributed by atoms with E-state index in [1.807, 2.05) is 0 Å². The number of H-pyrrole nitrogens is 1. The van der Waals surface area contributed by atoms with Crippen LogP contribution in [0.5, 0.6) is 0 Å². The number of aryl methyl sites for hydroxylation is 2. The van der Waals surface area contributed by atoms with Crippen LogP contribution in [0.3, 0.4) is 0 Å². The fourth-order valence-corrected chi connectivity index (χ4v) is 2.70. The quantitative estimate of drug-likeness (QED) is 0.774. The van der Waals surface area contributed by atoms with Crippen LogP contribution in [0.2, 0.25) is 0 Å². The first kappa shape index (κ1) is 10.7. The fraction of sp³-hybridized carbons (Fsp3) is 0.286. The number of nitrogens with one attached hydrogen (secondary N) is 1. The molecule has 0 amide bonds. The first-order valence-corrected chi connectivity index (χ1v) is 6.34. The molecule has 1 aliphatic carbocycles. The van der Waals surface area contributed by atoms with E-state index in [-0.39, 0.29) is 0 Å². The number of nitrogens with zero attached hydrogens (tertiary/aromatic N) is 1. The maximum atomic E-state index is 5.37. The molecule has 1 N–H and O–H groups in total. The summed E-state index contributed by atoms with van der Waals surface area (Å²) in [6.45, 7) is 2.09. The molecule has 0 saturated heterocycles. The third-order valence-electron chi connectivity index (χ3n) is 3.25. The van der Waals surface area contributed by atoms with Crippen molar-refractivity contribution in [2.24, 2.45) is 0 Å². The first-order chi connectivity index (χ1) is 8.24. The van der Waals surface area contributed by atoms with Crippen LogP contribution in [0.15, 0.2) is 24.3 Å². The summed E-state index contributed by atoms with van der Waals surface area (Å²) in [6, 6.07) is 8.35. The lowest BCUT2D eigenvalue weighted by Crippen LogP contribution is -1.97. The van der Waals surface area contributed by atoms with E-state index in [9.17, 15) is 0 Å². The Labute approximate surface area is 106 Å². The van der Waals surface area contributed by atoms with Crippen molar-refractivity contribution in [3.05, 3.63) is 45.7 Å². The molecule has 2 aromatic rings. The predicted molar refractivity (Wildman–Crippen MR) is 71.6 cm³/mol. The Balaban J connectivity index is 2.16. The van der Waals surface area contributed by atoms with Gasteiger partial charge in [0.15, 0.2) is 0 Å². The van der Waals surface area contributed by atoms with Crippen LogP contribution in [0.1, 0.15) is 23.2 Å². The largest absolute Gasteiger partial charge is 0.343 e. The molecule has 0 aliphatic heterocycles. The van der Waals surface area contributed by atoms with Crippen LogP contribution in [-0.4, -0.2) is 9.97 Å². The molecule has 1 aromatic heterocycles. The van der Waals surface area contributed by atoms with Gasteiger partial charge >= 0.3 is 0 Å². The van der Waals surface area contributed by atoms with Gasteiger partial charge < -0.3 is 4.98 Å². The molecule has 0 bridgehead atoms. The van der Waals surface area contributed by atoms with E-state index in [0.29, 0.717) is 0 Å². The molecule has 0 atom stereocenters. The minimum Gasteiger partial charge on any atom is -0.343 e. The topological polar surface area (TPSA) is 28.7 Å². The summed E-state index contributed by atoms with van der Waals surface area (Å²) in [5.74, 6) is 0.902. The molecule has 2 nitrogen and oxygen atoms in total. The summed E-state index contributed by atoms with van der Waals surface area (Å²) < 4.78 is 0.771. The monoisotopic (exact) mass is 242 g/mol. The van der Waals surface area contributed by atoms with E-state index >= 15 is 0 Å². The summed E-state index contributed by atoms with van der Waals surface area (Å²) in [7, 11) is 0. The van der Waals surface area contributed by atoms with Crippen LogP contribution in [0.4, 0.5) is 0 Å². The lowest BCUT2D eigenvalue weighted by Gasteiger charge is -2.06. The number of hydrogen-bond donors (Lipinski definition) is 1. The van der Waals surface area contributed by atoms with Gasteiger partial charge in [-0.3, -0.25) is 0 Å². The highest BCUT2D eigenvalue weighted by Crippen LogP contribution is 2.24. The molecule has 1 aromatic carbocycles. The van der Waals surface area contributed by atoms with Crippen molar-refractivity contribution in [1.29, 1.82) is 0 Å². The SMILES string of the molecule is Cc1cccc(-c2nc(=S)c3c([nH]2)CCC3)c1. The maximum Gasteiger partial charge on any atom is 0.139 e. The fourth-order valence-electron chi connectivity index (χ4n) is 2.39. The van der Waals surface area contributed by atoms with E-state index in [1.165, 1.54) is 23.2 Å². The molecule has 0 fully saturated rings. The van der Waals surface area contributed by atoms with Crippen LogP contribution in [0, 0.1) is 11.6 Å². The van der Waals surface area contributed by atoms with Crippen LogP contribution in [0.25, 0.3) is 11.4 Å². The Morgan fingerprint density at radius 2 is 2.18 bits per heavy atom. The molecular formula is C14H14N2S. The van der Waals surface area contributed by atoms with Gasteiger partial charge in [-0.2, -0.15) is 0 Å². The van der Waals surface area contributed by atoms with Gasteiger partial charge in [0, 0.05) is 16.8 Å². The molecular weight excluding hydrogens is 228 g/mol. The Morgan fingerprint density at radius 1 is 1.29 bits per heavy atom. The number of rotatable bonds is 1. The van der Waals surface area contributed by atoms with Gasteiger partial charge in [0.25, 0.3) is 0 Å². The molecule has 0 radical (unpaired) electrons. The van der Waals surface area contributed by atoms with Crippen LogP contribution in [-0.2, 0) is 12.8 Å². The van der Waals surface area contributed by atoms with Crippen molar-refractivity contribution >= 4 is 12.2 Å². The zero-order valence-electron chi connectivity index (χ0n) is 9.79. The van der Waals surface area contributed by atoms with Gasteiger partial charge in [-0.25, -0.2) is 4.98 Å². The number of aromatic amines is 1. The third kappa shape index (κ3) is 1.91. The average molecular weight is 242 g/mol. The lowest BCUT2D eigenvalue weighted by atomic mass is 10.1. The summed E-state index contributed by atoms with van der Waals surface area (Å²) in [5.41, 5.74) is 4.88. The van der Waals surface area contributed by atoms with Crippen molar-refractivity contribution in [3.8, 4) is 11.4 Å². The predicted octanol–water partition coefficient (Wildman–Crippen LogP) is 3.60. The van der Waals surface area contributed by atoms with E-state index in [1.54, 1.807) is 0 Å². The Hall–Kier alpha value is -1.48. The smallest absolute Gasteiger partial charge is 0.139 e. The third-order valence-corrected chi connectivity index (χ3v) is 3.59. The number of aromatic nitrogens is 2. The van der Waals surface area contributed by atoms with Gasteiger partial charge in [-0.1, -0.05) is 36.0 Å². The number of benzene rings is 1. The van der Waals surface area contributed by atoms with Gasteiger partial charge in [0.1, 0.15) is 10.5 Å². The summed E-state index contributed by atoms with van der Waals surface area (Å²) in [6.07, 6.45) is 3.36. The van der Waals surface area contributed by atoms with Crippen molar-refractivity contribution in [2.75, 3.05) is 0 Å². The second-order valence-electron chi connectivity index (χ2n) is 4.57. The van der Waals surface area contributed by atoms with Crippen LogP contribution < -0.4 is 0 Å². The van der Waals surface area contributed by atoms with E-state index in [4.69, 9.17) is 12.2 Å². The maximum absolute atomic E-state index is 5.37. The lowest BCUT2D eigenvalue weighted by molar-refractivity contribution is 0.899. The number of fused-ring (bicyclic) bond motifs is 1. The Bertz CT molecular complexity index is 628. The Kier molecular flexibility index (Phi) is 2.56. The highest BCUT2D eigenvalue weighted by molar-refractivity contribution is 7.71. The summed E-state index contributed by atoms with van der Waals surface area (Å²) in [4.78, 5) is 7.95. The summed E-state index contributed by atoms with van der Waals surface area (Å²) >= 11 is 5.37. The highest BCUT2D eigenvalue weighted by Gasteiger charge is 2.15. The molecule has 3 rings (SSSR count). The zero-order valence-corrected chi connectivity index (χ0v) is 10.6. The standard InChI is InChI=1S/C14H14N2S/c1-9-4-2-5-10(8-9)13-15-12-7-3-6-11(12)14(17)16-13/h2,4-5,8H,3,6-7H2,1H3,(H,15,16,17). The molecule has 0 unspecified atom stereocenters. The minimum atomic E-state index is 0.771. The van der Waals surface area contributed by atoms with Crippen molar-refractivity contribution in [2.45, 2.75) is 26.2 Å². The zero-order chi connectivity index (χ0) is 11.8. The van der Waals surface area contributed by atoms with E-state index in [2.05, 4.69) is 41.2 Å². The normalized spacial score (nSPS) is 13.7. The van der Waals surface area contributed by atoms with E-state index < -0.39 is 0 Å². The molecule has 0 saturated carbocycles. The number of hydrogen-bond acceptors (Lipinski definition) is 2. The average Bonchev–Trinajstić information content (AvgIpc) is 2.77.